The topological polar surface area (TPSA) is 26.8 Å². The lowest BCUT2D eigenvalue weighted by molar-refractivity contribution is -0.130. The molecule has 2 aliphatic heterocycles. The predicted octanol–water partition coefficient (Wildman–Crippen LogP) is 4.04. The van der Waals surface area contributed by atoms with Crippen molar-refractivity contribution in [1.29, 1.82) is 0 Å². The number of hydrogen-bond donors (Lipinski definition) is 0. The summed E-state index contributed by atoms with van der Waals surface area (Å²) < 4.78 is 0. The molecule has 1 amide bonds. The Morgan fingerprint density at radius 2 is 1.70 bits per heavy atom. The Morgan fingerprint density at radius 3 is 2.41 bits per heavy atom. The van der Waals surface area contributed by atoms with Crippen LogP contribution in [0.5, 0.6) is 0 Å². The summed E-state index contributed by atoms with van der Waals surface area (Å²) in [5, 5.41) is 0. The van der Waals surface area contributed by atoms with Crippen LogP contribution in [0.25, 0.3) is 0 Å². The predicted molar refractivity (Wildman–Crippen MR) is 110 cm³/mol. The molecular formula is C23H29N3O. The molecule has 0 radical (unpaired) electrons. The number of rotatable bonds is 5. The summed E-state index contributed by atoms with van der Waals surface area (Å²) in [6.07, 6.45) is 4.12. The van der Waals surface area contributed by atoms with Crippen molar-refractivity contribution in [3.63, 3.8) is 0 Å². The third-order valence-electron chi connectivity index (χ3n) is 5.90. The summed E-state index contributed by atoms with van der Waals surface area (Å²) >= 11 is 0. The molecule has 0 bridgehead atoms. The van der Waals surface area contributed by atoms with Crippen LogP contribution >= 0.6 is 0 Å². The summed E-state index contributed by atoms with van der Waals surface area (Å²) in [4.78, 5) is 18.9. The van der Waals surface area contributed by atoms with E-state index in [4.69, 9.17) is 0 Å². The van der Waals surface area contributed by atoms with E-state index in [2.05, 4.69) is 70.3 Å². The molecule has 2 aromatic rings. The normalized spacial score (nSPS) is 20.9. The Kier molecular flexibility index (Phi) is 5.44. The average Bonchev–Trinajstić information content (AvgIpc) is 3.15. The van der Waals surface area contributed by atoms with E-state index in [1.54, 1.807) is 0 Å². The number of anilines is 2. The standard InChI is InChI=1S/C23H29N3O/c1-24(20-7-3-2-4-8-20)21-13-11-19(12-14-21)17-25-15-5-9-22(18-25)26-16-6-10-23(26)27/h2-4,7-8,11-14,22H,5-6,9-10,15-18H2,1H3/t22-/m0/s1. The lowest BCUT2D eigenvalue weighted by Crippen LogP contribution is -2.48. The molecule has 2 heterocycles. The van der Waals surface area contributed by atoms with Crippen molar-refractivity contribution >= 4 is 17.3 Å². The Labute approximate surface area is 162 Å². The number of hydrogen-bond acceptors (Lipinski definition) is 3. The summed E-state index contributed by atoms with van der Waals surface area (Å²) in [6.45, 7) is 4.06. The molecule has 4 nitrogen and oxygen atoms in total. The van der Waals surface area contributed by atoms with Gasteiger partial charge in [-0.2, -0.15) is 0 Å². The molecule has 2 saturated heterocycles. The molecule has 4 rings (SSSR count). The number of nitrogens with zero attached hydrogens (tertiary/aromatic N) is 3. The fraction of sp³-hybridized carbons (Fsp3) is 0.435. The second-order valence-corrected chi connectivity index (χ2v) is 7.78. The monoisotopic (exact) mass is 363 g/mol. The first-order chi connectivity index (χ1) is 13.2. The van der Waals surface area contributed by atoms with Gasteiger partial charge in [0, 0.05) is 50.5 Å². The number of carbonyl (C=O) groups excluding carboxylic acids is 1. The van der Waals surface area contributed by atoms with Gasteiger partial charge in [-0.05, 0) is 55.6 Å². The van der Waals surface area contributed by atoms with Crippen LogP contribution in [0, 0.1) is 0 Å². The second-order valence-electron chi connectivity index (χ2n) is 7.78. The summed E-state index contributed by atoms with van der Waals surface area (Å²) in [5.41, 5.74) is 3.73. The van der Waals surface area contributed by atoms with E-state index in [0.717, 1.165) is 45.4 Å². The van der Waals surface area contributed by atoms with Crippen LogP contribution in [0.3, 0.4) is 0 Å². The van der Waals surface area contributed by atoms with Crippen LogP contribution in [-0.2, 0) is 11.3 Å². The molecule has 2 fully saturated rings. The van der Waals surface area contributed by atoms with Gasteiger partial charge in [-0.15, -0.1) is 0 Å². The number of para-hydroxylation sites is 1. The molecule has 0 aromatic heterocycles. The van der Waals surface area contributed by atoms with Crippen LogP contribution < -0.4 is 4.90 Å². The summed E-state index contributed by atoms with van der Waals surface area (Å²) in [7, 11) is 2.10. The highest BCUT2D eigenvalue weighted by Gasteiger charge is 2.31. The van der Waals surface area contributed by atoms with E-state index in [0.29, 0.717) is 11.9 Å². The molecule has 1 atom stereocenters. The number of benzene rings is 2. The summed E-state index contributed by atoms with van der Waals surface area (Å²) in [5.74, 6) is 0.357. The quantitative estimate of drug-likeness (QED) is 0.802. The maximum atomic E-state index is 12.1. The fourth-order valence-electron chi connectivity index (χ4n) is 4.37. The minimum absolute atomic E-state index is 0.357. The molecule has 27 heavy (non-hydrogen) atoms. The molecular weight excluding hydrogens is 334 g/mol. The Bertz CT molecular complexity index is 759. The van der Waals surface area contributed by atoms with Gasteiger partial charge in [0.1, 0.15) is 0 Å². The van der Waals surface area contributed by atoms with Crippen LogP contribution in [0.1, 0.15) is 31.2 Å². The molecule has 4 heteroatoms. The maximum Gasteiger partial charge on any atom is 0.222 e. The third-order valence-corrected chi connectivity index (χ3v) is 5.90. The van der Waals surface area contributed by atoms with Gasteiger partial charge in [0.15, 0.2) is 0 Å². The molecule has 0 N–H and O–H groups in total. The van der Waals surface area contributed by atoms with Gasteiger partial charge >= 0.3 is 0 Å². The number of piperidine rings is 1. The zero-order valence-corrected chi connectivity index (χ0v) is 16.2. The van der Waals surface area contributed by atoms with E-state index in [1.807, 2.05) is 6.07 Å². The van der Waals surface area contributed by atoms with Crippen LogP contribution in [-0.4, -0.2) is 48.4 Å². The van der Waals surface area contributed by atoms with Gasteiger partial charge < -0.3 is 9.80 Å². The highest BCUT2D eigenvalue weighted by atomic mass is 16.2. The van der Waals surface area contributed by atoms with Crippen molar-refractivity contribution in [3.8, 4) is 0 Å². The van der Waals surface area contributed by atoms with Crippen molar-refractivity contribution in [1.82, 2.24) is 9.80 Å². The first-order valence-corrected chi connectivity index (χ1v) is 10.1. The van der Waals surface area contributed by atoms with Gasteiger partial charge in [-0.25, -0.2) is 0 Å². The zero-order chi connectivity index (χ0) is 18.6. The number of likely N-dealkylation sites (tertiary alicyclic amines) is 2. The molecule has 0 spiro atoms. The molecule has 142 valence electrons. The fourth-order valence-corrected chi connectivity index (χ4v) is 4.37. The maximum absolute atomic E-state index is 12.1. The average molecular weight is 364 g/mol. The van der Waals surface area contributed by atoms with Gasteiger partial charge in [-0.3, -0.25) is 9.69 Å². The van der Waals surface area contributed by atoms with E-state index in [-0.39, 0.29) is 0 Å². The lowest BCUT2D eigenvalue weighted by Gasteiger charge is -2.37. The van der Waals surface area contributed by atoms with Crippen LogP contribution in [0.4, 0.5) is 11.4 Å². The minimum Gasteiger partial charge on any atom is -0.345 e. The third kappa shape index (κ3) is 4.16. The largest absolute Gasteiger partial charge is 0.345 e. The SMILES string of the molecule is CN(c1ccccc1)c1ccc(CN2CCC[C@H](N3CCCC3=O)C2)cc1. The second kappa shape index (κ2) is 8.13. The Morgan fingerprint density at radius 1 is 0.963 bits per heavy atom. The van der Waals surface area contributed by atoms with Crippen molar-refractivity contribution in [2.24, 2.45) is 0 Å². The highest BCUT2D eigenvalue weighted by molar-refractivity contribution is 5.78. The number of amides is 1. The van der Waals surface area contributed by atoms with Gasteiger partial charge in [-0.1, -0.05) is 30.3 Å². The van der Waals surface area contributed by atoms with Crippen LogP contribution in [0.15, 0.2) is 54.6 Å². The Balaban J connectivity index is 1.37. The zero-order valence-electron chi connectivity index (χ0n) is 16.2. The van der Waals surface area contributed by atoms with Crippen molar-refractivity contribution in [2.75, 3.05) is 31.6 Å². The van der Waals surface area contributed by atoms with E-state index in [9.17, 15) is 4.79 Å². The Hall–Kier alpha value is -2.33. The van der Waals surface area contributed by atoms with E-state index >= 15 is 0 Å². The van der Waals surface area contributed by atoms with Crippen molar-refractivity contribution in [3.05, 3.63) is 60.2 Å². The minimum atomic E-state index is 0.357. The molecule has 0 aliphatic carbocycles. The van der Waals surface area contributed by atoms with E-state index in [1.165, 1.54) is 23.4 Å². The highest BCUT2D eigenvalue weighted by Crippen LogP contribution is 2.25. The van der Waals surface area contributed by atoms with Crippen molar-refractivity contribution in [2.45, 2.75) is 38.3 Å². The van der Waals surface area contributed by atoms with Crippen LogP contribution in [0.2, 0.25) is 0 Å². The van der Waals surface area contributed by atoms with E-state index < -0.39 is 0 Å². The summed E-state index contributed by atoms with van der Waals surface area (Å²) in [6, 6.07) is 19.7. The lowest BCUT2D eigenvalue weighted by atomic mass is 10.0. The van der Waals surface area contributed by atoms with Gasteiger partial charge in [0.25, 0.3) is 0 Å². The molecule has 2 aliphatic rings. The van der Waals surface area contributed by atoms with Crippen molar-refractivity contribution < 1.29 is 4.79 Å². The molecule has 0 saturated carbocycles. The first kappa shape index (κ1) is 18.1. The van der Waals surface area contributed by atoms with Gasteiger partial charge in [0.2, 0.25) is 5.91 Å². The molecule has 2 aromatic carbocycles. The van der Waals surface area contributed by atoms with Gasteiger partial charge in [0.05, 0.1) is 0 Å². The number of carbonyl (C=O) groups is 1. The first-order valence-electron chi connectivity index (χ1n) is 10.1. The molecule has 0 unspecified atom stereocenters. The smallest absolute Gasteiger partial charge is 0.222 e.